The Bertz CT molecular complexity index is 1440. The second kappa shape index (κ2) is 11.5. The Morgan fingerprint density at radius 3 is 1.97 bits per heavy atom. The van der Waals surface area contributed by atoms with E-state index in [1.54, 1.807) is 24.3 Å². The molecule has 1 aliphatic heterocycles. The maximum atomic E-state index is 14.6. The second-order valence-electron chi connectivity index (χ2n) is 9.47. The van der Waals surface area contributed by atoms with Gasteiger partial charge in [0.15, 0.2) is 0 Å². The van der Waals surface area contributed by atoms with Crippen LogP contribution in [0.3, 0.4) is 0 Å². The van der Waals surface area contributed by atoms with E-state index < -0.39 is 39.7 Å². The van der Waals surface area contributed by atoms with Crippen molar-refractivity contribution in [3.8, 4) is 0 Å². The number of nitrogens with one attached hydrogen (secondary N) is 1. The lowest BCUT2D eigenvalue weighted by Crippen LogP contribution is -2.61. The zero-order valence-electron chi connectivity index (χ0n) is 21.1. The van der Waals surface area contributed by atoms with E-state index in [4.69, 9.17) is 28.9 Å². The highest BCUT2D eigenvalue weighted by Crippen LogP contribution is 2.37. The van der Waals surface area contributed by atoms with Crippen molar-refractivity contribution in [1.29, 1.82) is 0 Å². The Morgan fingerprint density at radius 2 is 1.51 bits per heavy atom. The van der Waals surface area contributed by atoms with Crippen molar-refractivity contribution in [2.45, 2.75) is 25.0 Å². The SMILES string of the molecule is CC(NC(=O)c1cc(F)cc(N(C2CN(C(c3ccc(Cl)cc3)c3ccc(Cl)cc3)C2)S(C)(=O)=O)c1)C(N)=O. The highest BCUT2D eigenvalue weighted by atomic mass is 35.5. The largest absolute Gasteiger partial charge is 0.368 e. The number of nitrogens with zero attached hydrogens (tertiary/aromatic N) is 2. The average molecular weight is 594 g/mol. The second-order valence-corrected chi connectivity index (χ2v) is 12.2. The van der Waals surface area contributed by atoms with Gasteiger partial charge in [0.25, 0.3) is 5.91 Å². The number of halogens is 3. The Hall–Kier alpha value is -3.18. The van der Waals surface area contributed by atoms with E-state index in [0.717, 1.165) is 33.8 Å². The molecule has 1 fully saturated rings. The zero-order chi connectivity index (χ0) is 28.5. The summed E-state index contributed by atoms with van der Waals surface area (Å²) in [6.07, 6.45) is 1.03. The van der Waals surface area contributed by atoms with E-state index in [9.17, 15) is 22.4 Å². The minimum Gasteiger partial charge on any atom is -0.368 e. The van der Waals surface area contributed by atoms with Crippen LogP contribution in [-0.2, 0) is 14.8 Å². The third kappa shape index (κ3) is 6.70. The first kappa shape index (κ1) is 28.8. The number of anilines is 1. The van der Waals surface area contributed by atoms with Crippen LogP contribution < -0.4 is 15.4 Å². The summed E-state index contributed by atoms with van der Waals surface area (Å²) in [7, 11) is -3.86. The first-order valence-corrected chi connectivity index (χ1v) is 14.6. The third-order valence-electron chi connectivity index (χ3n) is 6.49. The summed E-state index contributed by atoms with van der Waals surface area (Å²) in [6.45, 7) is 2.06. The Kier molecular flexibility index (Phi) is 8.51. The minimum absolute atomic E-state index is 0.00793. The van der Waals surface area contributed by atoms with Crippen LogP contribution in [0.4, 0.5) is 10.1 Å². The quantitative estimate of drug-likeness (QED) is 0.390. The van der Waals surface area contributed by atoms with Gasteiger partial charge in [-0.25, -0.2) is 12.8 Å². The Morgan fingerprint density at radius 1 is 1.00 bits per heavy atom. The number of likely N-dealkylation sites (tertiary alicyclic amines) is 1. The number of sulfonamides is 1. The van der Waals surface area contributed by atoms with Crippen LogP contribution in [0, 0.1) is 5.82 Å². The molecular formula is C27H27Cl2FN4O4S. The molecule has 3 N–H and O–H groups in total. The van der Waals surface area contributed by atoms with Gasteiger partial charge in [0.2, 0.25) is 15.9 Å². The van der Waals surface area contributed by atoms with Crippen LogP contribution in [0.2, 0.25) is 10.0 Å². The molecule has 39 heavy (non-hydrogen) atoms. The van der Waals surface area contributed by atoms with Gasteiger partial charge in [-0.05, 0) is 60.5 Å². The van der Waals surface area contributed by atoms with Gasteiger partial charge >= 0.3 is 0 Å². The van der Waals surface area contributed by atoms with E-state index >= 15 is 0 Å². The molecule has 1 atom stereocenters. The van der Waals surface area contributed by atoms with Gasteiger partial charge < -0.3 is 11.1 Å². The lowest BCUT2D eigenvalue weighted by Gasteiger charge is -2.48. The normalized spacial score (nSPS) is 15.0. The smallest absolute Gasteiger partial charge is 0.252 e. The number of amides is 2. The summed E-state index contributed by atoms with van der Waals surface area (Å²) in [5, 5.41) is 3.56. The first-order valence-electron chi connectivity index (χ1n) is 12.0. The van der Waals surface area contributed by atoms with Crippen LogP contribution in [0.1, 0.15) is 34.5 Å². The Balaban J connectivity index is 1.63. The predicted molar refractivity (Wildman–Crippen MR) is 150 cm³/mol. The average Bonchev–Trinajstić information content (AvgIpc) is 2.83. The molecule has 0 aromatic heterocycles. The number of nitrogens with two attached hydrogens (primary N) is 1. The van der Waals surface area contributed by atoms with E-state index in [2.05, 4.69) is 10.2 Å². The molecule has 2 amide bonds. The molecule has 1 unspecified atom stereocenters. The highest BCUT2D eigenvalue weighted by Gasteiger charge is 2.41. The third-order valence-corrected chi connectivity index (χ3v) is 8.22. The van der Waals surface area contributed by atoms with Gasteiger partial charge in [-0.2, -0.15) is 0 Å². The maximum absolute atomic E-state index is 14.6. The van der Waals surface area contributed by atoms with Crippen LogP contribution in [0.15, 0.2) is 66.7 Å². The van der Waals surface area contributed by atoms with Gasteiger partial charge in [-0.1, -0.05) is 47.5 Å². The summed E-state index contributed by atoms with van der Waals surface area (Å²) >= 11 is 12.2. The highest BCUT2D eigenvalue weighted by molar-refractivity contribution is 7.92. The van der Waals surface area contributed by atoms with Crippen molar-refractivity contribution >= 4 is 50.7 Å². The molecule has 12 heteroatoms. The Labute approximate surface area is 236 Å². The molecule has 0 bridgehead atoms. The van der Waals surface area contributed by atoms with Crippen molar-refractivity contribution in [1.82, 2.24) is 10.2 Å². The van der Waals surface area contributed by atoms with E-state index in [0.29, 0.717) is 23.1 Å². The molecule has 8 nitrogen and oxygen atoms in total. The molecule has 1 aliphatic rings. The molecule has 0 saturated carbocycles. The van der Waals surface area contributed by atoms with E-state index in [-0.39, 0.29) is 17.3 Å². The number of benzene rings is 3. The lowest BCUT2D eigenvalue weighted by atomic mass is 9.93. The molecule has 3 aromatic carbocycles. The van der Waals surface area contributed by atoms with E-state index in [1.165, 1.54) is 13.0 Å². The number of primary amides is 1. The summed E-state index contributed by atoms with van der Waals surface area (Å²) in [5.74, 6) is -2.31. The number of carbonyl (C=O) groups is 2. The summed E-state index contributed by atoms with van der Waals surface area (Å²) in [5.41, 5.74) is 6.98. The van der Waals surface area contributed by atoms with Crippen molar-refractivity contribution in [3.63, 3.8) is 0 Å². The summed E-state index contributed by atoms with van der Waals surface area (Å²) in [6, 6.07) is 16.4. The fraction of sp³-hybridized carbons (Fsp3) is 0.259. The van der Waals surface area contributed by atoms with Gasteiger partial charge in [-0.15, -0.1) is 0 Å². The van der Waals surface area contributed by atoms with Crippen molar-refractivity contribution in [2.24, 2.45) is 5.73 Å². The molecule has 3 aromatic rings. The minimum atomic E-state index is -3.86. The molecular weight excluding hydrogens is 566 g/mol. The topological polar surface area (TPSA) is 113 Å². The van der Waals surface area contributed by atoms with Gasteiger partial charge in [0.05, 0.1) is 24.0 Å². The van der Waals surface area contributed by atoms with Gasteiger partial charge in [0.1, 0.15) is 11.9 Å². The number of hydrogen-bond donors (Lipinski definition) is 2. The van der Waals surface area contributed by atoms with Crippen molar-refractivity contribution in [3.05, 3.63) is 99.3 Å². The van der Waals surface area contributed by atoms with E-state index in [1.807, 2.05) is 24.3 Å². The first-order chi connectivity index (χ1) is 18.3. The molecule has 1 saturated heterocycles. The molecule has 4 rings (SSSR count). The van der Waals surface area contributed by atoms with Crippen LogP contribution >= 0.6 is 23.2 Å². The van der Waals surface area contributed by atoms with Gasteiger partial charge in [-0.3, -0.25) is 18.8 Å². The zero-order valence-corrected chi connectivity index (χ0v) is 23.5. The summed E-state index contributed by atoms with van der Waals surface area (Å²) in [4.78, 5) is 26.0. The van der Waals surface area contributed by atoms with Crippen LogP contribution in [0.5, 0.6) is 0 Å². The number of rotatable bonds is 9. The fourth-order valence-electron chi connectivity index (χ4n) is 4.61. The van der Waals surface area contributed by atoms with Crippen molar-refractivity contribution < 1.29 is 22.4 Å². The molecule has 0 radical (unpaired) electrons. The standard InChI is InChI=1S/C27H27Cl2FN4O4S/c1-16(26(31)35)32-27(36)19-11-22(30)13-23(12-19)34(39(2,37)38)24-14-33(15-24)25(17-3-7-20(28)8-4-17)18-5-9-21(29)10-6-18/h3-13,16,24-25H,14-15H2,1-2H3,(H2,31,35)(H,32,36). The molecule has 0 spiro atoms. The molecule has 206 valence electrons. The molecule has 0 aliphatic carbocycles. The van der Waals surface area contributed by atoms with Crippen molar-refractivity contribution in [2.75, 3.05) is 23.7 Å². The fourth-order valence-corrected chi connectivity index (χ4v) is 6.02. The summed E-state index contributed by atoms with van der Waals surface area (Å²) < 4.78 is 41.6. The lowest BCUT2D eigenvalue weighted by molar-refractivity contribution is -0.119. The predicted octanol–water partition coefficient (Wildman–Crippen LogP) is 3.98. The van der Waals surface area contributed by atoms with Gasteiger partial charge in [0, 0.05) is 28.7 Å². The van der Waals surface area contributed by atoms with Crippen LogP contribution in [-0.4, -0.2) is 56.6 Å². The number of carbonyl (C=O) groups excluding carboxylic acids is 2. The maximum Gasteiger partial charge on any atom is 0.252 e. The number of hydrogen-bond acceptors (Lipinski definition) is 5. The van der Waals surface area contributed by atoms with Crippen LogP contribution in [0.25, 0.3) is 0 Å². The monoisotopic (exact) mass is 592 g/mol. The molecule has 1 heterocycles.